The summed E-state index contributed by atoms with van der Waals surface area (Å²) in [6.45, 7) is 32.9. The zero-order valence-electron chi connectivity index (χ0n) is 48.7. The normalized spacial score (nSPS) is 12.7. The standard InChI is InChI=1S/C66H74N2.2C2H6.2C2H2/c1-11-16-19-22-27-49(6)33-35-61-46-58(37-40-64(61)67(15-5)43-25-20-17-12-2)56-31-26-32-57(45-56)60-39-42-66-63(48-60)62-47-59(54-29-23-21-24-30-54)38-41-65(62)68(66)53(10)34-36-55(50(7)14-4)44-52(9)51(8)28-18-13-3;4*1-2/h11-12,15-26,28-34,36-42,45-48,50H,5,13-14,27,35,43-44H2,1-4,6-10H3;2*1-2H3;2*1-2H/b16-11-,17-12-,22-19-,25-20-,28-18-,49-33+,52-51+,53-34+,55-36+;;;;. The number of anilines is 1. The lowest BCUT2D eigenvalue weighted by Gasteiger charge is -2.22. The Kier molecular flexibility index (Phi) is 30.7. The number of benzene rings is 5. The molecule has 0 N–H and O–H groups in total. The van der Waals surface area contributed by atoms with E-state index >= 15 is 0 Å². The first-order valence-corrected chi connectivity index (χ1v) is 27.5. The van der Waals surface area contributed by atoms with Gasteiger partial charge in [0.25, 0.3) is 0 Å². The van der Waals surface area contributed by atoms with Gasteiger partial charge in [0, 0.05) is 28.7 Å². The Morgan fingerprint density at radius 3 is 1.72 bits per heavy atom. The minimum absolute atomic E-state index is 0.491. The Bertz CT molecular complexity index is 3040. The molecular weight excluding hydrogens is 917 g/mol. The molecule has 0 saturated carbocycles. The Morgan fingerprint density at radius 2 is 1.16 bits per heavy atom. The van der Waals surface area contributed by atoms with Crippen molar-refractivity contribution in [3.05, 3.63) is 229 Å². The summed E-state index contributed by atoms with van der Waals surface area (Å²) >= 11 is 0. The third kappa shape index (κ3) is 18.6. The second-order valence-electron chi connectivity index (χ2n) is 18.1. The maximum atomic E-state index is 4.21. The zero-order chi connectivity index (χ0) is 56.4. The van der Waals surface area contributed by atoms with E-state index in [4.69, 9.17) is 0 Å². The van der Waals surface area contributed by atoms with Crippen molar-refractivity contribution in [3.8, 4) is 59.1 Å². The highest BCUT2D eigenvalue weighted by molar-refractivity contribution is 6.12. The fourth-order valence-electron chi connectivity index (χ4n) is 8.77. The van der Waals surface area contributed by atoms with E-state index in [1.165, 1.54) is 94.4 Å². The molecule has 6 rings (SSSR count). The minimum atomic E-state index is 0.491. The van der Waals surface area contributed by atoms with Crippen LogP contribution in [-0.4, -0.2) is 11.1 Å². The molecule has 1 heterocycles. The molecule has 2 nitrogen and oxygen atoms in total. The van der Waals surface area contributed by atoms with Crippen LogP contribution in [0.4, 0.5) is 5.69 Å². The van der Waals surface area contributed by atoms with Crippen LogP contribution in [0.15, 0.2) is 223 Å². The Hall–Kier alpha value is -7.78. The van der Waals surface area contributed by atoms with Crippen LogP contribution < -0.4 is 4.90 Å². The van der Waals surface area contributed by atoms with Crippen molar-refractivity contribution in [3.63, 3.8) is 0 Å². The highest BCUT2D eigenvalue weighted by atomic mass is 15.1. The average Bonchev–Trinajstić information content (AvgIpc) is 3.83. The molecule has 0 fully saturated rings. The summed E-state index contributed by atoms with van der Waals surface area (Å²) in [7, 11) is 0. The first-order chi connectivity index (χ1) is 37.1. The fourth-order valence-corrected chi connectivity index (χ4v) is 8.77. The average molecular weight is 1010 g/mol. The Morgan fingerprint density at radius 1 is 0.618 bits per heavy atom. The topological polar surface area (TPSA) is 8.17 Å². The molecule has 0 bridgehead atoms. The first kappa shape index (κ1) is 64.3. The van der Waals surface area contributed by atoms with Crippen LogP contribution in [0.25, 0.3) is 60.9 Å². The lowest BCUT2D eigenvalue weighted by Crippen LogP contribution is -2.17. The smallest absolute Gasteiger partial charge is 0.0538 e. The van der Waals surface area contributed by atoms with Gasteiger partial charge in [-0.1, -0.05) is 217 Å². The molecule has 0 saturated heterocycles. The van der Waals surface area contributed by atoms with Crippen LogP contribution in [0.2, 0.25) is 0 Å². The zero-order valence-corrected chi connectivity index (χ0v) is 48.7. The summed E-state index contributed by atoms with van der Waals surface area (Å²) in [5, 5.41) is 2.50. The maximum Gasteiger partial charge on any atom is 0.0538 e. The molecule has 76 heavy (non-hydrogen) atoms. The molecule has 0 aliphatic rings. The van der Waals surface area contributed by atoms with E-state index in [9.17, 15) is 0 Å². The van der Waals surface area contributed by atoms with E-state index in [0.29, 0.717) is 5.92 Å². The van der Waals surface area contributed by atoms with Crippen molar-refractivity contribution in [1.29, 1.82) is 0 Å². The predicted octanol–water partition coefficient (Wildman–Crippen LogP) is 22.0. The van der Waals surface area contributed by atoms with E-state index in [-0.39, 0.29) is 0 Å². The highest BCUT2D eigenvalue weighted by Crippen LogP contribution is 2.38. The van der Waals surface area contributed by atoms with Crippen LogP contribution >= 0.6 is 0 Å². The van der Waals surface area contributed by atoms with Crippen LogP contribution in [-0.2, 0) is 6.42 Å². The van der Waals surface area contributed by atoms with Gasteiger partial charge in [-0.05, 0) is 173 Å². The third-order valence-electron chi connectivity index (χ3n) is 13.2. The lowest BCUT2D eigenvalue weighted by molar-refractivity contribution is 0.637. The number of allylic oxidation sites excluding steroid dienone is 17. The monoisotopic (exact) mass is 1010 g/mol. The molecule has 0 aliphatic heterocycles. The van der Waals surface area contributed by atoms with Gasteiger partial charge in [-0.2, -0.15) is 0 Å². The van der Waals surface area contributed by atoms with Gasteiger partial charge in [0.1, 0.15) is 0 Å². The van der Waals surface area contributed by atoms with Gasteiger partial charge in [0.2, 0.25) is 0 Å². The number of rotatable bonds is 21. The van der Waals surface area contributed by atoms with Gasteiger partial charge < -0.3 is 9.47 Å². The van der Waals surface area contributed by atoms with E-state index in [2.05, 4.69) is 278 Å². The molecule has 1 unspecified atom stereocenters. The molecule has 5 aromatic carbocycles. The Labute approximate surface area is 462 Å². The van der Waals surface area contributed by atoms with Gasteiger partial charge >= 0.3 is 0 Å². The summed E-state index contributed by atoms with van der Waals surface area (Å²) in [5.41, 5.74) is 18.9. The van der Waals surface area contributed by atoms with Crippen molar-refractivity contribution in [2.24, 2.45) is 5.92 Å². The summed E-state index contributed by atoms with van der Waals surface area (Å²) < 4.78 is 2.46. The van der Waals surface area contributed by atoms with E-state index < -0.39 is 0 Å². The number of hydrogen-bond donors (Lipinski definition) is 0. The van der Waals surface area contributed by atoms with Crippen LogP contribution in [0.3, 0.4) is 0 Å². The summed E-state index contributed by atoms with van der Waals surface area (Å²) in [6, 6.07) is 40.7. The lowest BCUT2D eigenvalue weighted by atomic mass is 9.90. The number of fused-ring (bicyclic) bond motifs is 3. The molecule has 0 radical (unpaired) electrons. The van der Waals surface area contributed by atoms with E-state index in [0.717, 1.165) is 38.6 Å². The quantitative estimate of drug-likeness (QED) is 0.0396. The number of terminal acetylenes is 2. The van der Waals surface area contributed by atoms with Crippen LogP contribution in [0, 0.1) is 31.6 Å². The molecule has 1 atom stereocenters. The van der Waals surface area contributed by atoms with Crippen LogP contribution in [0.5, 0.6) is 0 Å². The van der Waals surface area contributed by atoms with Crippen molar-refractivity contribution in [2.75, 3.05) is 11.4 Å². The van der Waals surface area contributed by atoms with Gasteiger partial charge in [-0.25, -0.2) is 0 Å². The highest BCUT2D eigenvalue weighted by Gasteiger charge is 2.16. The van der Waals surface area contributed by atoms with Crippen molar-refractivity contribution in [1.82, 2.24) is 4.57 Å². The summed E-state index contributed by atoms with van der Waals surface area (Å²) in [4.78, 5) is 2.24. The molecule has 1 aromatic heterocycles. The molecule has 0 amide bonds. The van der Waals surface area contributed by atoms with Crippen molar-refractivity contribution in [2.45, 2.75) is 122 Å². The predicted molar refractivity (Wildman–Crippen MR) is 346 cm³/mol. The Balaban J connectivity index is 0.00000236. The van der Waals surface area contributed by atoms with Crippen molar-refractivity contribution >= 4 is 33.2 Å². The second-order valence-corrected chi connectivity index (χ2v) is 18.1. The van der Waals surface area contributed by atoms with Gasteiger partial charge in [0.15, 0.2) is 0 Å². The van der Waals surface area contributed by atoms with E-state index in [1.807, 2.05) is 47.7 Å². The van der Waals surface area contributed by atoms with Gasteiger partial charge in [-0.3, -0.25) is 0 Å². The molecule has 2 heteroatoms. The molecule has 396 valence electrons. The molecular formula is C74H90N2. The second kappa shape index (κ2) is 36.2. The van der Waals surface area contributed by atoms with Crippen LogP contribution in [0.1, 0.15) is 121 Å². The van der Waals surface area contributed by atoms with Gasteiger partial charge in [-0.15, -0.1) is 25.7 Å². The largest absolute Gasteiger partial charge is 0.345 e. The third-order valence-corrected chi connectivity index (χ3v) is 13.2. The van der Waals surface area contributed by atoms with Gasteiger partial charge in [0.05, 0.1) is 11.0 Å². The van der Waals surface area contributed by atoms with Crippen molar-refractivity contribution < 1.29 is 0 Å². The number of nitrogens with zero attached hydrogens (tertiary/aromatic N) is 2. The maximum absolute atomic E-state index is 4.21. The summed E-state index contributed by atoms with van der Waals surface area (Å²) in [6.07, 6.45) is 51.4. The molecule has 6 aromatic rings. The number of aromatic nitrogens is 1. The number of hydrogen-bond acceptors (Lipinski definition) is 1. The van der Waals surface area contributed by atoms with E-state index in [1.54, 1.807) is 0 Å². The molecule has 0 aliphatic carbocycles. The first-order valence-electron chi connectivity index (χ1n) is 27.5. The fraction of sp³-hybridized carbons (Fsp3) is 0.270. The minimum Gasteiger partial charge on any atom is -0.345 e. The molecule has 0 spiro atoms. The SMILES string of the molecule is C#C.C#C.C=CN(C/C=C\C=C/C)c1ccc(-c2cccc(-c3ccc4c(c3)c3cc(-c5ccccc5)ccc3n4/C(C)=C/C=C(\C/C(C)=C(C)/C=C\CC)C(C)CC)c2)cc1C/C=C(\C)C/C=C\C=C/C.CC.CC. The summed E-state index contributed by atoms with van der Waals surface area (Å²) in [5.74, 6) is 0.491.